The maximum Gasteiger partial charge on any atom is 0.276 e. The zero-order valence-electron chi connectivity index (χ0n) is 11.7. The number of carbonyl (C=O) groups is 1. The van der Waals surface area contributed by atoms with Crippen molar-refractivity contribution < 1.29 is 4.79 Å². The monoisotopic (exact) mass is 328 g/mol. The number of hydrazone groups is 1. The first kappa shape index (κ1) is 13.5. The van der Waals surface area contributed by atoms with E-state index in [0.29, 0.717) is 10.9 Å². The lowest BCUT2D eigenvalue weighted by atomic mass is 10.1. The Balaban J connectivity index is 2.01. The Morgan fingerprint density at radius 2 is 2.18 bits per heavy atom. The third kappa shape index (κ3) is 2.05. The molecule has 1 aromatic heterocycles. The Kier molecular flexibility index (Phi) is 3.24. The van der Waals surface area contributed by atoms with Gasteiger partial charge in [0, 0.05) is 10.8 Å². The van der Waals surface area contributed by atoms with E-state index >= 15 is 0 Å². The van der Waals surface area contributed by atoms with Gasteiger partial charge in [-0.3, -0.25) is 15.1 Å². The van der Waals surface area contributed by atoms with Crippen LogP contribution in [-0.4, -0.2) is 22.3 Å². The number of thiophene rings is 1. The fraction of sp³-hybridized carbons (Fsp3) is 0.133. The molecule has 2 aliphatic rings. The molecule has 2 aliphatic heterocycles. The van der Waals surface area contributed by atoms with E-state index in [1.165, 1.54) is 11.8 Å². The number of fused-ring (bicyclic) bond motifs is 2. The summed E-state index contributed by atoms with van der Waals surface area (Å²) in [6.07, 6.45) is 1.59. The summed E-state index contributed by atoms with van der Waals surface area (Å²) in [5, 5.41) is 15.4. The molecule has 0 saturated carbocycles. The Hall–Kier alpha value is -2.12. The van der Waals surface area contributed by atoms with E-state index in [0.717, 1.165) is 16.1 Å². The smallest absolute Gasteiger partial charge is 0.276 e. The maximum absolute atomic E-state index is 12.6. The van der Waals surface area contributed by atoms with E-state index in [1.807, 2.05) is 47.3 Å². The molecule has 4 rings (SSSR count). The van der Waals surface area contributed by atoms with Crippen LogP contribution < -0.4 is 15.9 Å². The molecule has 0 aliphatic carbocycles. The van der Waals surface area contributed by atoms with Gasteiger partial charge >= 0.3 is 0 Å². The van der Waals surface area contributed by atoms with Crippen molar-refractivity contribution in [2.75, 3.05) is 6.26 Å². The molecule has 0 radical (unpaired) electrons. The summed E-state index contributed by atoms with van der Waals surface area (Å²) >= 11 is 3.02. The first-order valence-corrected chi connectivity index (χ1v) is 8.87. The Morgan fingerprint density at radius 1 is 1.32 bits per heavy atom. The van der Waals surface area contributed by atoms with Gasteiger partial charge in [0.1, 0.15) is 5.70 Å². The molecule has 0 fully saturated rings. The van der Waals surface area contributed by atoms with Crippen molar-refractivity contribution in [1.82, 2.24) is 10.3 Å². The van der Waals surface area contributed by atoms with Gasteiger partial charge in [-0.05, 0) is 29.1 Å². The molecular weight excluding hydrogens is 316 g/mol. The fourth-order valence-electron chi connectivity index (χ4n) is 2.56. The highest BCUT2D eigenvalue weighted by Gasteiger charge is 2.34. The lowest BCUT2D eigenvalue weighted by Gasteiger charge is -2.33. The van der Waals surface area contributed by atoms with Crippen molar-refractivity contribution in [2.24, 2.45) is 10.1 Å². The summed E-state index contributed by atoms with van der Waals surface area (Å²) in [7, 11) is 0. The van der Waals surface area contributed by atoms with Crippen LogP contribution in [0.3, 0.4) is 0 Å². The van der Waals surface area contributed by atoms with Crippen molar-refractivity contribution in [3.05, 3.63) is 57.2 Å². The zero-order valence-corrected chi connectivity index (χ0v) is 13.3. The van der Waals surface area contributed by atoms with Gasteiger partial charge in [-0.1, -0.05) is 30.0 Å². The number of hydrogen-bond acceptors (Lipinski definition) is 6. The summed E-state index contributed by atoms with van der Waals surface area (Å²) < 4.78 is 0. The second-order valence-corrected chi connectivity index (χ2v) is 6.41. The molecule has 110 valence electrons. The summed E-state index contributed by atoms with van der Waals surface area (Å²) in [6, 6.07) is 9.70. The van der Waals surface area contributed by atoms with Gasteiger partial charge in [0.05, 0.1) is 5.36 Å². The van der Waals surface area contributed by atoms with Gasteiger partial charge in [0.2, 0.25) is 0 Å². The van der Waals surface area contributed by atoms with Gasteiger partial charge in [-0.15, -0.1) is 5.10 Å². The van der Waals surface area contributed by atoms with Crippen LogP contribution in [0.25, 0.3) is 5.70 Å². The summed E-state index contributed by atoms with van der Waals surface area (Å²) in [5.41, 5.74) is 1.59. The predicted octanol–water partition coefficient (Wildman–Crippen LogP) is 1.25. The van der Waals surface area contributed by atoms with Crippen molar-refractivity contribution in [3.8, 4) is 0 Å². The number of amidine groups is 1. The quantitative estimate of drug-likeness (QED) is 0.857. The SMILES string of the molecule is CSC1=NN2C(=c3ccccc3=NC2c2ccsc2)C(=O)N1. The fourth-order valence-corrected chi connectivity index (χ4v) is 3.59. The molecule has 5 nitrogen and oxygen atoms in total. The number of thioether (sulfide) groups is 1. The van der Waals surface area contributed by atoms with Gasteiger partial charge in [-0.25, -0.2) is 5.01 Å². The van der Waals surface area contributed by atoms with Gasteiger partial charge < -0.3 is 0 Å². The third-order valence-corrected chi connectivity index (χ3v) is 4.82. The van der Waals surface area contributed by atoms with Crippen LogP contribution in [0, 0.1) is 0 Å². The van der Waals surface area contributed by atoms with Crippen molar-refractivity contribution in [2.45, 2.75) is 6.17 Å². The van der Waals surface area contributed by atoms with Crippen LogP contribution in [-0.2, 0) is 4.79 Å². The molecule has 7 heteroatoms. The second-order valence-electron chi connectivity index (χ2n) is 4.83. The summed E-state index contributed by atoms with van der Waals surface area (Å²) in [4.78, 5) is 17.3. The lowest BCUT2D eigenvalue weighted by molar-refractivity contribution is -0.116. The molecule has 1 N–H and O–H groups in total. The van der Waals surface area contributed by atoms with E-state index in [-0.39, 0.29) is 12.1 Å². The van der Waals surface area contributed by atoms with E-state index in [2.05, 4.69) is 10.4 Å². The van der Waals surface area contributed by atoms with E-state index in [9.17, 15) is 4.79 Å². The minimum absolute atomic E-state index is 0.137. The summed E-state index contributed by atoms with van der Waals surface area (Å²) in [5.74, 6) is -0.137. The molecule has 1 aromatic carbocycles. The van der Waals surface area contributed by atoms with Gasteiger partial charge in [0.15, 0.2) is 11.3 Å². The maximum atomic E-state index is 12.6. The highest BCUT2D eigenvalue weighted by molar-refractivity contribution is 8.13. The highest BCUT2D eigenvalue weighted by Crippen LogP contribution is 2.31. The molecule has 22 heavy (non-hydrogen) atoms. The predicted molar refractivity (Wildman–Crippen MR) is 88.6 cm³/mol. The molecule has 1 atom stereocenters. The Bertz CT molecular complexity index is 889. The number of benzene rings is 1. The van der Waals surface area contributed by atoms with Crippen molar-refractivity contribution in [1.29, 1.82) is 0 Å². The number of nitrogens with one attached hydrogen (secondary N) is 1. The summed E-state index contributed by atoms with van der Waals surface area (Å²) in [6.45, 7) is 0. The topological polar surface area (TPSA) is 57.1 Å². The average Bonchev–Trinajstić information content (AvgIpc) is 3.07. The number of nitrogens with zero attached hydrogens (tertiary/aromatic N) is 3. The molecule has 2 aromatic rings. The first-order valence-electron chi connectivity index (χ1n) is 6.70. The van der Waals surface area contributed by atoms with Crippen LogP contribution >= 0.6 is 23.1 Å². The Morgan fingerprint density at radius 3 is 2.95 bits per heavy atom. The van der Waals surface area contributed by atoms with Gasteiger partial charge in [-0.2, -0.15) is 11.3 Å². The molecule has 1 amide bonds. The number of rotatable bonds is 1. The number of carbonyl (C=O) groups excluding carboxylic acids is 1. The van der Waals surface area contributed by atoms with Crippen LogP contribution in [0.5, 0.6) is 0 Å². The minimum atomic E-state index is -0.302. The third-order valence-electron chi connectivity index (χ3n) is 3.55. The number of hydrogen-bond donors (Lipinski definition) is 1. The van der Waals surface area contributed by atoms with Crippen LogP contribution in [0.2, 0.25) is 0 Å². The van der Waals surface area contributed by atoms with Crippen LogP contribution in [0.4, 0.5) is 0 Å². The largest absolute Gasteiger partial charge is 0.298 e. The zero-order chi connectivity index (χ0) is 15.1. The van der Waals surface area contributed by atoms with Crippen LogP contribution in [0.1, 0.15) is 11.7 Å². The molecule has 1 unspecified atom stereocenters. The molecule has 0 saturated heterocycles. The molecule has 0 bridgehead atoms. The molecule has 3 heterocycles. The molecule has 0 spiro atoms. The number of para-hydroxylation sites is 1. The van der Waals surface area contributed by atoms with Crippen molar-refractivity contribution >= 4 is 39.9 Å². The Labute approximate surface area is 135 Å². The van der Waals surface area contributed by atoms with Crippen LogP contribution in [0.15, 0.2) is 51.2 Å². The number of amides is 1. The standard InChI is InChI=1S/C15H12N4OS2/c1-21-15-17-14(20)12-10-4-2-3-5-11(10)16-13(19(12)18-15)9-6-7-22-8-9/h2-8,13H,1H3,(H,17,18,20). The van der Waals surface area contributed by atoms with E-state index < -0.39 is 0 Å². The van der Waals surface area contributed by atoms with E-state index in [4.69, 9.17) is 4.99 Å². The minimum Gasteiger partial charge on any atom is -0.298 e. The van der Waals surface area contributed by atoms with E-state index in [1.54, 1.807) is 16.3 Å². The van der Waals surface area contributed by atoms with Gasteiger partial charge in [0.25, 0.3) is 5.91 Å². The lowest BCUT2D eigenvalue weighted by Crippen LogP contribution is -2.50. The first-order chi connectivity index (χ1) is 10.8. The normalized spacial score (nSPS) is 19.8. The second kappa shape index (κ2) is 5.26. The van der Waals surface area contributed by atoms with Crippen molar-refractivity contribution in [3.63, 3.8) is 0 Å². The average molecular weight is 328 g/mol. The molecular formula is C15H12N4OS2. The highest BCUT2D eigenvalue weighted by atomic mass is 32.2.